The number of rotatable bonds is 17. The predicted molar refractivity (Wildman–Crippen MR) is 120 cm³/mol. The van der Waals surface area contributed by atoms with Gasteiger partial charge in [-0.1, -0.05) is 64.0 Å². The normalized spacial score (nSPS) is 12.8. The van der Waals surface area contributed by atoms with Crippen molar-refractivity contribution in [1.82, 2.24) is 0 Å². The number of carbonyl (C=O) groups excluding carboxylic acids is 1. The molecule has 0 saturated heterocycles. The van der Waals surface area contributed by atoms with Crippen LogP contribution >= 0.6 is 0 Å². The van der Waals surface area contributed by atoms with Gasteiger partial charge < -0.3 is 9.66 Å². The van der Waals surface area contributed by atoms with Crippen LogP contribution in [0.15, 0.2) is 12.2 Å². The molecule has 1 amide bonds. The van der Waals surface area contributed by atoms with E-state index in [9.17, 15) is 22.9 Å². The maximum Gasteiger partial charge on any atom is 0.311 e. The molecule has 2 N–H and O–H groups in total. The molecule has 8 heteroatoms. The van der Waals surface area contributed by atoms with E-state index >= 15 is 0 Å². The summed E-state index contributed by atoms with van der Waals surface area (Å²) in [5.41, 5.74) is 0. The lowest BCUT2D eigenvalue weighted by molar-refractivity contribution is -0.775. The van der Waals surface area contributed by atoms with Crippen LogP contribution in [0.2, 0.25) is 0 Å². The molecule has 0 aromatic rings. The molecule has 0 aromatic heterocycles. The quantitative estimate of drug-likeness (QED) is 0.152. The van der Waals surface area contributed by atoms with Crippen molar-refractivity contribution in [2.24, 2.45) is 0 Å². The van der Waals surface area contributed by atoms with Gasteiger partial charge in [-0.3, -0.25) is 9.08 Å². The van der Waals surface area contributed by atoms with E-state index in [2.05, 4.69) is 23.3 Å². The third-order valence-electron chi connectivity index (χ3n) is 4.56. The Hall–Kier alpha value is -0.800. The van der Waals surface area contributed by atoms with Crippen LogP contribution in [0.4, 0.5) is 0 Å². The predicted octanol–water partition coefficient (Wildman–Crippen LogP) is 3.15. The van der Waals surface area contributed by atoms with Crippen molar-refractivity contribution >= 4 is 16.3 Å². The summed E-state index contributed by atoms with van der Waals surface area (Å²) in [4.78, 5) is 12.4. The van der Waals surface area contributed by atoms with Crippen LogP contribution < -0.4 is 4.90 Å². The molecule has 0 spiro atoms. The zero-order chi connectivity index (χ0) is 23.3. The van der Waals surface area contributed by atoms with E-state index in [1.807, 2.05) is 14.1 Å². The van der Waals surface area contributed by atoms with E-state index in [1.165, 1.54) is 51.9 Å². The minimum atomic E-state index is -4.42. The summed E-state index contributed by atoms with van der Waals surface area (Å²) in [6.07, 6.45) is 18.6. The average molecular weight is 452 g/mol. The Labute approximate surface area is 184 Å². The van der Waals surface area contributed by atoms with E-state index in [0.717, 1.165) is 43.4 Å². The molecule has 0 aliphatic heterocycles. The topological polar surface area (TPSA) is 108 Å². The molecule has 30 heavy (non-hydrogen) atoms. The largest absolute Gasteiger partial charge is 0.726 e. The van der Waals surface area contributed by atoms with E-state index in [-0.39, 0.29) is 12.7 Å². The van der Waals surface area contributed by atoms with Crippen LogP contribution in [0.3, 0.4) is 0 Å². The number of carbonyl (C=O) groups is 1. The smallest absolute Gasteiger partial charge is 0.311 e. The number of hydrogen-bond acceptors (Lipinski definition) is 6. The molecule has 0 saturated carbocycles. The maximum atomic E-state index is 11.4. The number of quaternary nitrogens is 1. The second-order valence-corrected chi connectivity index (χ2v) is 8.81. The Morgan fingerprint density at radius 3 is 2.13 bits per heavy atom. The second-order valence-electron chi connectivity index (χ2n) is 7.75. The molecule has 1 atom stereocenters. The van der Waals surface area contributed by atoms with Crippen LogP contribution in [-0.2, 0) is 19.4 Å². The van der Waals surface area contributed by atoms with Crippen molar-refractivity contribution in [3.05, 3.63) is 12.2 Å². The number of nitrogens with one attached hydrogen (secondary N) is 1. The average Bonchev–Trinajstić information content (AvgIpc) is 2.66. The summed E-state index contributed by atoms with van der Waals surface area (Å²) in [7, 11) is -0.625. The van der Waals surface area contributed by atoms with Gasteiger partial charge in [-0.25, -0.2) is 13.2 Å². The van der Waals surface area contributed by atoms with E-state index in [1.54, 1.807) is 0 Å². The van der Waals surface area contributed by atoms with E-state index in [4.69, 9.17) is 0 Å². The molecule has 180 valence electrons. The Morgan fingerprint density at radius 2 is 1.60 bits per heavy atom. The lowest BCUT2D eigenvalue weighted by Gasteiger charge is -2.07. The Balaban J connectivity index is 0. The van der Waals surface area contributed by atoms with Gasteiger partial charge >= 0.3 is 5.91 Å². The highest BCUT2D eigenvalue weighted by Gasteiger charge is 2.07. The summed E-state index contributed by atoms with van der Waals surface area (Å²) in [5.74, 6) is 0.321. The molecular weight excluding hydrogens is 406 g/mol. The Kier molecular flexibility index (Phi) is 22.4. The molecule has 0 aliphatic rings. The van der Waals surface area contributed by atoms with E-state index < -0.39 is 10.4 Å². The van der Waals surface area contributed by atoms with Gasteiger partial charge in [-0.05, 0) is 39.0 Å². The Bertz CT molecular complexity index is 520. The molecule has 0 aromatic carbocycles. The monoisotopic (exact) mass is 451 g/mol. The standard InChI is InChI=1S/C20H39NO2.C2H6O4S/c1-4-5-6-13-16-19(22)17-14-11-9-7-8-10-12-15-18-20(23)21(2)3;1-2-6-7(3,4)5/h11,14,19,22H,4-10,12-13,15-18H2,1-3H3;2H2,1H3,(H,3,4,5). The summed E-state index contributed by atoms with van der Waals surface area (Å²) < 4.78 is 32.0. The van der Waals surface area contributed by atoms with Crippen LogP contribution in [0, 0.1) is 0 Å². The molecule has 0 aliphatic carbocycles. The Morgan fingerprint density at radius 1 is 1.00 bits per heavy atom. The number of aliphatic hydroxyl groups excluding tert-OH is 1. The summed E-state index contributed by atoms with van der Waals surface area (Å²) in [6, 6.07) is 0. The third-order valence-corrected chi connectivity index (χ3v) is 5.08. The van der Waals surface area contributed by atoms with Gasteiger partial charge in [0.1, 0.15) is 0 Å². The molecule has 7 nitrogen and oxygen atoms in total. The first kappa shape index (κ1) is 31.4. The molecule has 0 radical (unpaired) electrons. The number of unbranched alkanes of at least 4 members (excludes halogenated alkanes) is 8. The first-order valence-corrected chi connectivity index (χ1v) is 12.7. The molecule has 1 unspecified atom stereocenters. The van der Waals surface area contributed by atoms with Gasteiger partial charge in [0.15, 0.2) is 0 Å². The van der Waals surface area contributed by atoms with Crippen molar-refractivity contribution in [1.29, 1.82) is 0 Å². The number of aliphatic hydroxyl groups is 1. The highest BCUT2D eigenvalue weighted by atomic mass is 32.3. The van der Waals surface area contributed by atoms with Gasteiger partial charge in [0.25, 0.3) is 0 Å². The van der Waals surface area contributed by atoms with Crippen molar-refractivity contribution in [2.75, 3.05) is 20.7 Å². The minimum Gasteiger partial charge on any atom is -0.726 e. The molecule has 0 fully saturated rings. The number of hydrogen-bond donors (Lipinski definition) is 2. The second kappa shape index (κ2) is 21.4. The lowest BCUT2D eigenvalue weighted by Crippen LogP contribution is -3.08. The first-order chi connectivity index (χ1) is 14.1. The van der Waals surface area contributed by atoms with Crippen molar-refractivity contribution in [3.8, 4) is 0 Å². The van der Waals surface area contributed by atoms with Crippen LogP contribution in [0.5, 0.6) is 0 Å². The van der Waals surface area contributed by atoms with Crippen molar-refractivity contribution < 1.29 is 32.0 Å². The van der Waals surface area contributed by atoms with Gasteiger partial charge in [-0.15, -0.1) is 0 Å². The number of amides is 1. The van der Waals surface area contributed by atoms with Gasteiger partial charge in [0.05, 0.1) is 33.2 Å². The van der Waals surface area contributed by atoms with Crippen LogP contribution in [0.25, 0.3) is 0 Å². The molecule has 0 heterocycles. The van der Waals surface area contributed by atoms with Crippen LogP contribution in [-0.4, -0.2) is 50.8 Å². The minimum absolute atomic E-state index is 0.0914. The fourth-order valence-electron chi connectivity index (χ4n) is 2.77. The zero-order valence-corrected chi connectivity index (χ0v) is 20.3. The lowest BCUT2D eigenvalue weighted by atomic mass is 10.1. The number of allylic oxidation sites excluding steroid dienone is 1. The fourth-order valence-corrected chi connectivity index (χ4v) is 3.06. The van der Waals surface area contributed by atoms with E-state index in [0.29, 0.717) is 5.91 Å². The third kappa shape index (κ3) is 27.2. The zero-order valence-electron chi connectivity index (χ0n) is 19.5. The summed E-state index contributed by atoms with van der Waals surface area (Å²) in [6.45, 7) is 3.55. The highest BCUT2D eigenvalue weighted by molar-refractivity contribution is 7.80. The van der Waals surface area contributed by atoms with Crippen molar-refractivity contribution in [3.63, 3.8) is 0 Å². The van der Waals surface area contributed by atoms with Gasteiger partial charge in [0.2, 0.25) is 10.4 Å². The van der Waals surface area contributed by atoms with Crippen LogP contribution in [0.1, 0.15) is 97.3 Å². The van der Waals surface area contributed by atoms with Crippen molar-refractivity contribution in [2.45, 2.75) is 103 Å². The maximum absolute atomic E-state index is 11.4. The summed E-state index contributed by atoms with van der Waals surface area (Å²) in [5, 5.41) is 9.85. The first-order valence-electron chi connectivity index (χ1n) is 11.4. The molecular formula is C22H45NO6S. The SMILES string of the molecule is CCCCCCC(O)CC=CCCCCCCCC(=O)[NH+](C)C.CCOS(=O)(=O)[O-]. The van der Waals surface area contributed by atoms with Gasteiger partial charge in [-0.2, -0.15) is 0 Å². The van der Waals surface area contributed by atoms with Gasteiger partial charge in [0, 0.05) is 0 Å². The fraction of sp³-hybridized carbons (Fsp3) is 0.864. The highest BCUT2D eigenvalue weighted by Crippen LogP contribution is 2.10. The molecule has 0 bridgehead atoms. The molecule has 0 rings (SSSR count). The summed E-state index contributed by atoms with van der Waals surface area (Å²) >= 11 is 0.